The van der Waals surface area contributed by atoms with Crippen LogP contribution in [0.2, 0.25) is 0 Å². The SMILES string of the molecule is Cc1c(-c2[c-]cc3c(c2)C(C)(C(F)(F)F)c2cc(C(F)(F)F)ccc2-3)ncc2ccccc12.[Ir]. The number of nitrogens with zero attached hydrogens (tertiary/aromatic N) is 1. The number of hydrogen-bond acceptors (Lipinski definition) is 1. The predicted molar refractivity (Wildman–Crippen MR) is 114 cm³/mol. The van der Waals surface area contributed by atoms with Gasteiger partial charge >= 0.3 is 12.4 Å². The van der Waals surface area contributed by atoms with Gasteiger partial charge in [0.1, 0.15) is 0 Å². The number of fused-ring (bicyclic) bond motifs is 4. The molecule has 1 radical (unpaired) electrons. The van der Waals surface area contributed by atoms with E-state index >= 15 is 0 Å². The van der Waals surface area contributed by atoms with E-state index in [1.54, 1.807) is 6.20 Å². The number of aryl methyl sites for hydroxylation is 1. The minimum absolute atomic E-state index is 0. The van der Waals surface area contributed by atoms with Crippen LogP contribution in [-0.2, 0) is 31.7 Å². The summed E-state index contributed by atoms with van der Waals surface area (Å²) in [7, 11) is 0. The van der Waals surface area contributed by atoms with Crippen LogP contribution >= 0.6 is 0 Å². The van der Waals surface area contributed by atoms with E-state index < -0.39 is 28.9 Å². The molecule has 34 heavy (non-hydrogen) atoms. The van der Waals surface area contributed by atoms with Gasteiger partial charge in [0.15, 0.2) is 0 Å². The van der Waals surface area contributed by atoms with Gasteiger partial charge in [-0.3, -0.25) is 0 Å². The third-order valence-corrected chi connectivity index (χ3v) is 6.54. The molecule has 1 aromatic heterocycles. The van der Waals surface area contributed by atoms with Crippen LogP contribution in [0.1, 0.15) is 29.2 Å². The van der Waals surface area contributed by atoms with Gasteiger partial charge in [-0.2, -0.15) is 26.3 Å². The first-order valence-corrected chi connectivity index (χ1v) is 10.1. The predicted octanol–water partition coefficient (Wildman–Crippen LogP) is 7.88. The summed E-state index contributed by atoms with van der Waals surface area (Å²) in [5.41, 5.74) is -2.25. The Morgan fingerprint density at radius 3 is 2.24 bits per heavy atom. The Balaban J connectivity index is 0.00000274. The molecule has 1 aliphatic carbocycles. The summed E-state index contributed by atoms with van der Waals surface area (Å²) < 4.78 is 83.2. The van der Waals surface area contributed by atoms with Crippen molar-refractivity contribution in [1.29, 1.82) is 0 Å². The molecule has 8 heteroatoms. The first kappa shape index (κ1) is 24.4. The molecule has 0 bridgehead atoms. The van der Waals surface area contributed by atoms with Crippen molar-refractivity contribution in [3.05, 3.63) is 89.1 Å². The molecule has 1 nitrogen and oxygen atoms in total. The maximum absolute atomic E-state index is 14.4. The zero-order chi connectivity index (χ0) is 23.8. The van der Waals surface area contributed by atoms with Crippen molar-refractivity contribution in [2.45, 2.75) is 31.6 Å². The van der Waals surface area contributed by atoms with Crippen LogP contribution in [0.5, 0.6) is 0 Å². The number of alkyl halides is 6. The zero-order valence-electron chi connectivity index (χ0n) is 17.8. The molecular weight excluding hydrogens is 632 g/mol. The van der Waals surface area contributed by atoms with E-state index in [2.05, 4.69) is 11.1 Å². The number of pyridine rings is 1. The Kier molecular flexibility index (Phi) is 5.69. The smallest absolute Gasteiger partial charge is 0.304 e. The van der Waals surface area contributed by atoms with Crippen LogP contribution in [0.25, 0.3) is 33.2 Å². The normalized spacial score (nSPS) is 17.3. The van der Waals surface area contributed by atoms with Crippen molar-refractivity contribution in [2.24, 2.45) is 0 Å². The number of hydrogen-bond donors (Lipinski definition) is 0. The van der Waals surface area contributed by atoms with Gasteiger partial charge in [0.2, 0.25) is 0 Å². The maximum atomic E-state index is 14.4. The van der Waals surface area contributed by atoms with Crippen molar-refractivity contribution in [2.75, 3.05) is 0 Å². The van der Waals surface area contributed by atoms with Crippen molar-refractivity contribution >= 4 is 10.8 Å². The second kappa shape index (κ2) is 7.92. The minimum atomic E-state index is -4.82. The molecular formula is C26H16F6IrN-. The molecule has 1 aliphatic rings. The fourth-order valence-electron chi connectivity index (χ4n) is 4.67. The molecule has 0 aliphatic heterocycles. The molecule has 0 amide bonds. The standard InChI is InChI=1S/C26H16F6N.Ir/c1-14-18-6-4-3-5-16(18)13-33-23(14)15-7-9-19-20-10-8-17(25(27,28)29)12-22(20)24(2,21(19)11-15)26(30,31)32;/h3-6,8-13H,1-2H3;/q-1;. The zero-order valence-corrected chi connectivity index (χ0v) is 20.2. The van der Waals surface area contributed by atoms with E-state index in [0.717, 1.165) is 35.4 Å². The second-order valence-corrected chi connectivity index (χ2v) is 8.37. The van der Waals surface area contributed by atoms with Gasteiger partial charge in [-0.05, 0) is 41.9 Å². The molecule has 1 heterocycles. The Hall–Kier alpha value is -2.70. The number of halogens is 6. The Bertz CT molecular complexity index is 1420. The van der Waals surface area contributed by atoms with E-state index in [1.165, 1.54) is 12.1 Å². The van der Waals surface area contributed by atoms with Gasteiger partial charge in [-0.15, -0.1) is 29.3 Å². The summed E-state index contributed by atoms with van der Waals surface area (Å²) in [6.45, 7) is 2.77. The van der Waals surface area contributed by atoms with Crippen LogP contribution in [0.4, 0.5) is 26.3 Å². The van der Waals surface area contributed by atoms with Crippen LogP contribution in [0.3, 0.4) is 0 Å². The van der Waals surface area contributed by atoms with Crippen molar-refractivity contribution in [3.63, 3.8) is 0 Å². The summed E-state index contributed by atoms with van der Waals surface area (Å²) in [4.78, 5) is 4.45. The molecule has 0 saturated heterocycles. The van der Waals surface area contributed by atoms with Crippen molar-refractivity contribution in [3.8, 4) is 22.4 Å². The van der Waals surface area contributed by atoms with Crippen LogP contribution in [-0.4, -0.2) is 11.2 Å². The summed E-state index contributed by atoms with van der Waals surface area (Å²) >= 11 is 0. The van der Waals surface area contributed by atoms with E-state index in [1.807, 2.05) is 31.2 Å². The van der Waals surface area contributed by atoms with E-state index in [9.17, 15) is 26.3 Å². The van der Waals surface area contributed by atoms with Gasteiger partial charge < -0.3 is 4.98 Å². The van der Waals surface area contributed by atoms with Crippen LogP contribution in [0, 0.1) is 13.0 Å². The van der Waals surface area contributed by atoms with Gasteiger partial charge in [0.25, 0.3) is 0 Å². The molecule has 0 fully saturated rings. The first-order valence-electron chi connectivity index (χ1n) is 10.1. The van der Waals surface area contributed by atoms with Crippen molar-refractivity contribution in [1.82, 2.24) is 4.98 Å². The largest absolute Gasteiger partial charge is 0.416 e. The second-order valence-electron chi connectivity index (χ2n) is 8.37. The monoisotopic (exact) mass is 649 g/mol. The third-order valence-electron chi connectivity index (χ3n) is 6.54. The summed E-state index contributed by atoms with van der Waals surface area (Å²) in [6, 6.07) is 15.9. The topological polar surface area (TPSA) is 12.9 Å². The molecule has 1 atom stereocenters. The van der Waals surface area contributed by atoms with Gasteiger partial charge in [0, 0.05) is 26.3 Å². The van der Waals surface area contributed by atoms with E-state index in [0.29, 0.717) is 17.3 Å². The molecule has 0 spiro atoms. The summed E-state index contributed by atoms with van der Waals surface area (Å²) in [6.07, 6.45) is -7.92. The van der Waals surface area contributed by atoms with E-state index in [4.69, 9.17) is 0 Å². The molecule has 0 N–H and O–H groups in total. The molecule has 0 saturated carbocycles. The third kappa shape index (κ3) is 3.46. The quantitative estimate of drug-likeness (QED) is 0.151. The molecule has 1 unspecified atom stereocenters. The Morgan fingerprint density at radius 2 is 1.56 bits per heavy atom. The molecule has 4 aromatic rings. The Labute approximate surface area is 205 Å². The number of rotatable bonds is 1. The Morgan fingerprint density at radius 1 is 0.882 bits per heavy atom. The number of benzene rings is 3. The van der Waals surface area contributed by atoms with Gasteiger partial charge in [-0.1, -0.05) is 53.1 Å². The fraction of sp³-hybridized carbons (Fsp3) is 0.192. The van der Waals surface area contributed by atoms with Crippen LogP contribution in [0.15, 0.2) is 60.8 Å². The van der Waals surface area contributed by atoms with Crippen molar-refractivity contribution < 1.29 is 46.4 Å². The average molecular weight is 649 g/mol. The van der Waals surface area contributed by atoms with Gasteiger partial charge in [-0.25, -0.2) is 0 Å². The molecule has 3 aromatic carbocycles. The average Bonchev–Trinajstić information content (AvgIpc) is 3.02. The summed E-state index contributed by atoms with van der Waals surface area (Å²) in [5, 5.41) is 1.81. The number of aromatic nitrogens is 1. The first-order chi connectivity index (χ1) is 15.4. The summed E-state index contributed by atoms with van der Waals surface area (Å²) in [5.74, 6) is 0. The maximum Gasteiger partial charge on any atom is 0.416 e. The molecule has 177 valence electrons. The minimum Gasteiger partial charge on any atom is -0.304 e. The van der Waals surface area contributed by atoms with Crippen LogP contribution < -0.4 is 0 Å². The molecule has 5 rings (SSSR count). The van der Waals surface area contributed by atoms with E-state index in [-0.39, 0.29) is 36.8 Å². The van der Waals surface area contributed by atoms with Gasteiger partial charge in [0.05, 0.1) is 11.0 Å². The fourth-order valence-corrected chi connectivity index (χ4v) is 4.67.